The van der Waals surface area contributed by atoms with Gasteiger partial charge in [-0.25, -0.2) is 4.79 Å². The van der Waals surface area contributed by atoms with Crippen molar-refractivity contribution in [2.45, 2.75) is 6.54 Å². The highest BCUT2D eigenvalue weighted by Gasteiger charge is 2.04. The predicted octanol–water partition coefficient (Wildman–Crippen LogP) is 3.92. The highest BCUT2D eigenvalue weighted by Crippen LogP contribution is 2.26. The van der Waals surface area contributed by atoms with Gasteiger partial charge in [0.25, 0.3) is 0 Å². The number of hydrogen-bond acceptors (Lipinski definition) is 3. The average molecular weight is 386 g/mol. The lowest BCUT2D eigenvalue weighted by molar-refractivity contribution is 0.0696. The minimum Gasteiger partial charge on any atom is -0.478 e. The number of pyridine rings is 1. The molecule has 0 spiro atoms. The second kappa shape index (κ2) is 6.16. The Kier molecular flexibility index (Phi) is 4.55. The van der Waals surface area contributed by atoms with E-state index in [0.29, 0.717) is 6.54 Å². The molecule has 0 radical (unpaired) electrons. The summed E-state index contributed by atoms with van der Waals surface area (Å²) in [6.45, 7) is 0.528. The molecular weight excluding hydrogens is 376 g/mol. The Morgan fingerprint density at radius 2 is 2.05 bits per heavy atom. The van der Waals surface area contributed by atoms with Crippen LogP contribution in [0, 0.1) is 0 Å². The van der Waals surface area contributed by atoms with Crippen LogP contribution in [0.15, 0.2) is 45.5 Å². The van der Waals surface area contributed by atoms with E-state index in [2.05, 4.69) is 42.2 Å². The summed E-state index contributed by atoms with van der Waals surface area (Å²) in [4.78, 5) is 14.8. The molecule has 1 aromatic heterocycles. The van der Waals surface area contributed by atoms with Gasteiger partial charge in [-0.05, 0) is 46.3 Å². The minimum absolute atomic E-state index is 0.188. The normalized spacial score (nSPS) is 10.2. The Balaban J connectivity index is 2.04. The van der Waals surface area contributed by atoms with Crippen LogP contribution in [0.25, 0.3) is 0 Å². The zero-order valence-electron chi connectivity index (χ0n) is 9.73. The fourth-order valence-corrected chi connectivity index (χ4v) is 2.66. The number of benzene rings is 1. The zero-order chi connectivity index (χ0) is 13.8. The first-order valence-electron chi connectivity index (χ1n) is 5.43. The summed E-state index contributed by atoms with van der Waals surface area (Å²) < 4.78 is 1.94. The van der Waals surface area contributed by atoms with Gasteiger partial charge in [-0.1, -0.05) is 15.9 Å². The molecule has 0 saturated carbocycles. The standard InChI is InChI=1S/C13H10Br2N2O2/c14-9-2-4-12(11(15)5-9)17-7-10-3-1-8(6-16-10)13(18)19/h1-6,17H,7H2,(H,18,19). The first-order chi connectivity index (χ1) is 9.06. The Hall–Kier alpha value is -1.40. The molecule has 1 heterocycles. The maximum atomic E-state index is 10.7. The van der Waals surface area contributed by atoms with E-state index in [-0.39, 0.29) is 5.56 Å². The molecule has 0 bridgehead atoms. The van der Waals surface area contributed by atoms with Gasteiger partial charge in [-0.3, -0.25) is 4.98 Å². The summed E-state index contributed by atoms with van der Waals surface area (Å²) in [5.74, 6) is -0.970. The average Bonchev–Trinajstić information content (AvgIpc) is 2.38. The third-order valence-electron chi connectivity index (χ3n) is 2.46. The fraction of sp³-hybridized carbons (Fsp3) is 0.0769. The fourth-order valence-electron chi connectivity index (χ4n) is 1.47. The van der Waals surface area contributed by atoms with Crippen LogP contribution in [0.1, 0.15) is 16.1 Å². The molecule has 0 fully saturated rings. The van der Waals surface area contributed by atoms with Crippen LogP contribution in [-0.4, -0.2) is 16.1 Å². The topological polar surface area (TPSA) is 62.2 Å². The summed E-state index contributed by atoms with van der Waals surface area (Å²) in [6.07, 6.45) is 1.36. The number of carboxylic acids is 1. The van der Waals surface area contributed by atoms with E-state index in [1.54, 1.807) is 12.1 Å². The van der Waals surface area contributed by atoms with Gasteiger partial charge < -0.3 is 10.4 Å². The van der Waals surface area contributed by atoms with E-state index in [1.807, 2.05) is 18.2 Å². The maximum absolute atomic E-state index is 10.7. The van der Waals surface area contributed by atoms with E-state index in [4.69, 9.17) is 5.11 Å². The van der Waals surface area contributed by atoms with E-state index in [9.17, 15) is 4.79 Å². The van der Waals surface area contributed by atoms with Crippen molar-refractivity contribution < 1.29 is 9.90 Å². The van der Waals surface area contributed by atoms with Crippen LogP contribution in [0.3, 0.4) is 0 Å². The van der Waals surface area contributed by atoms with Gasteiger partial charge in [-0.2, -0.15) is 0 Å². The number of nitrogens with zero attached hydrogens (tertiary/aromatic N) is 1. The molecule has 0 aliphatic heterocycles. The van der Waals surface area contributed by atoms with Gasteiger partial charge in [0.05, 0.1) is 17.8 Å². The maximum Gasteiger partial charge on any atom is 0.337 e. The number of hydrogen-bond donors (Lipinski definition) is 2. The van der Waals surface area contributed by atoms with E-state index in [1.165, 1.54) is 6.20 Å². The van der Waals surface area contributed by atoms with Gasteiger partial charge in [0.15, 0.2) is 0 Å². The van der Waals surface area contributed by atoms with Crippen molar-refractivity contribution in [1.82, 2.24) is 4.98 Å². The molecular formula is C13H10Br2N2O2. The molecule has 2 rings (SSSR count). The van der Waals surface area contributed by atoms with Crippen molar-refractivity contribution in [3.8, 4) is 0 Å². The third kappa shape index (κ3) is 3.78. The summed E-state index contributed by atoms with van der Waals surface area (Å²) in [7, 11) is 0. The number of nitrogens with one attached hydrogen (secondary N) is 1. The molecule has 2 aromatic rings. The highest BCUT2D eigenvalue weighted by atomic mass is 79.9. The first-order valence-corrected chi connectivity index (χ1v) is 7.02. The second-order valence-electron chi connectivity index (χ2n) is 3.82. The lowest BCUT2D eigenvalue weighted by Crippen LogP contribution is -2.04. The predicted molar refractivity (Wildman–Crippen MR) is 80.4 cm³/mol. The molecule has 19 heavy (non-hydrogen) atoms. The SMILES string of the molecule is O=C(O)c1ccc(CNc2ccc(Br)cc2Br)nc1. The van der Waals surface area contributed by atoms with Crippen LogP contribution in [0.5, 0.6) is 0 Å². The van der Waals surface area contributed by atoms with E-state index >= 15 is 0 Å². The molecule has 4 nitrogen and oxygen atoms in total. The summed E-state index contributed by atoms with van der Waals surface area (Å²) in [5, 5.41) is 12.0. The molecule has 0 aliphatic rings. The van der Waals surface area contributed by atoms with Crippen LogP contribution in [0.4, 0.5) is 5.69 Å². The van der Waals surface area contributed by atoms with Gasteiger partial charge >= 0.3 is 5.97 Å². The van der Waals surface area contributed by atoms with E-state index in [0.717, 1.165) is 20.3 Å². The minimum atomic E-state index is -0.970. The number of aromatic nitrogens is 1. The zero-order valence-corrected chi connectivity index (χ0v) is 12.9. The number of carboxylic acid groups (broad SMARTS) is 1. The van der Waals surface area contributed by atoms with Crippen LogP contribution in [0.2, 0.25) is 0 Å². The van der Waals surface area contributed by atoms with Crippen molar-refractivity contribution in [1.29, 1.82) is 0 Å². The molecule has 0 saturated heterocycles. The van der Waals surface area contributed by atoms with Crippen LogP contribution >= 0.6 is 31.9 Å². The monoisotopic (exact) mass is 384 g/mol. The van der Waals surface area contributed by atoms with Crippen LogP contribution in [-0.2, 0) is 6.54 Å². The Labute approximate surface area is 127 Å². The van der Waals surface area contributed by atoms with Crippen molar-refractivity contribution in [2.75, 3.05) is 5.32 Å². The molecule has 0 atom stereocenters. The van der Waals surface area contributed by atoms with Gasteiger partial charge in [0.2, 0.25) is 0 Å². The second-order valence-corrected chi connectivity index (χ2v) is 5.59. The number of carbonyl (C=O) groups is 1. The lowest BCUT2D eigenvalue weighted by atomic mass is 10.2. The number of aromatic carboxylic acids is 1. The highest BCUT2D eigenvalue weighted by molar-refractivity contribution is 9.11. The van der Waals surface area contributed by atoms with Crippen LogP contribution < -0.4 is 5.32 Å². The smallest absolute Gasteiger partial charge is 0.337 e. The third-order valence-corrected chi connectivity index (χ3v) is 3.61. The van der Waals surface area contributed by atoms with E-state index < -0.39 is 5.97 Å². The van der Waals surface area contributed by atoms with Gasteiger partial charge in [0, 0.05) is 20.8 Å². The lowest BCUT2D eigenvalue weighted by Gasteiger charge is -2.08. The Bertz CT molecular complexity index is 600. The Morgan fingerprint density at radius 3 is 2.63 bits per heavy atom. The number of anilines is 1. The van der Waals surface area contributed by atoms with Gasteiger partial charge in [0.1, 0.15) is 0 Å². The first kappa shape index (κ1) is 14.0. The number of halogens is 2. The molecule has 6 heteroatoms. The molecule has 1 aromatic carbocycles. The molecule has 0 aliphatic carbocycles. The van der Waals surface area contributed by atoms with Crippen molar-refractivity contribution in [3.05, 3.63) is 56.7 Å². The van der Waals surface area contributed by atoms with Gasteiger partial charge in [-0.15, -0.1) is 0 Å². The number of rotatable bonds is 4. The quantitative estimate of drug-likeness (QED) is 0.837. The summed E-state index contributed by atoms with van der Waals surface area (Å²) in [6, 6.07) is 9.07. The van der Waals surface area contributed by atoms with Crippen molar-refractivity contribution in [3.63, 3.8) is 0 Å². The van der Waals surface area contributed by atoms with Crippen molar-refractivity contribution in [2.24, 2.45) is 0 Å². The summed E-state index contributed by atoms with van der Waals surface area (Å²) in [5.41, 5.74) is 1.92. The molecule has 0 unspecified atom stereocenters. The largest absolute Gasteiger partial charge is 0.478 e. The van der Waals surface area contributed by atoms with Crippen molar-refractivity contribution >= 4 is 43.5 Å². The molecule has 0 amide bonds. The summed E-state index contributed by atoms with van der Waals surface area (Å²) >= 11 is 6.85. The molecule has 2 N–H and O–H groups in total. The molecule has 98 valence electrons. The Morgan fingerprint density at radius 1 is 1.26 bits per heavy atom.